The number of furan rings is 1. The van der Waals surface area contributed by atoms with E-state index in [-0.39, 0.29) is 10.9 Å². The predicted molar refractivity (Wildman–Crippen MR) is 141 cm³/mol. The van der Waals surface area contributed by atoms with Gasteiger partial charge in [-0.25, -0.2) is 0 Å². The van der Waals surface area contributed by atoms with Crippen LogP contribution in [0.2, 0.25) is 0 Å². The zero-order valence-corrected chi connectivity index (χ0v) is 19.5. The lowest BCUT2D eigenvalue weighted by Gasteiger charge is -2.10. The van der Waals surface area contributed by atoms with Crippen molar-refractivity contribution >= 4 is 61.7 Å². The second-order valence-electron chi connectivity index (χ2n) is 8.20. The van der Waals surface area contributed by atoms with Crippen LogP contribution in [-0.4, -0.2) is 26.0 Å². The zero-order valence-electron chi connectivity index (χ0n) is 18.6. The molecule has 0 atom stereocenters. The number of hydrogen-bond acceptors (Lipinski definition) is 5. The zero-order chi connectivity index (χ0) is 23.9. The number of amides is 1. The highest BCUT2D eigenvalue weighted by Gasteiger charge is 2.15. The number of hydrogen-bond donors (Lipinski definition) is 2. The van der Waals surface area contributed by atoms with Crippen LogP contribution in [0, 0.1) is 6.92 Å². The Bertz CT molecular complexity index is 1730. The molecule has 0 saturated carbocycles. The maximum Gasteiger partial charge on any atom is 0.293 e. The molecule has 4 aromatic carbocycles. The highest BCUT2D eigenvalue weighted by molar-refractivity contribution is 7.80. The first-order valence-corrected chi connectivity index (χ1v) is 11.4. The van der Waals surface area contributed by atoms with Crippen LogP contribution in [0.3, 0.4) is 0 Å². The molecule has 0 aliphatic rings. The van der Waals surface area contributed by atoms with Gasteiger partial charge in [-0.1, -0.05) is 54.6 Å². The van der Waals surface area contributed by atoms with Gasteiger partial charge in [-0.15, -0.1) is 15.0 Å². The van der Waals surface area contributed by atoms with Gasteiger partial charge in [-0.2, -0.15) is 0 Å². The summed E-state index contributed by atoms with van der Waals surface area (Å²) in [6.45, 7) is 1.95. The molecule has 1 amide bonds. The molecule has 7 nitrogen and oxygen atoms in total. The molecular formula is C27H19N5O2S. The van der Waals surface area contributed by atoms with Crippen molar-refractivity contribution in [3.8, 4) is 5.69 Å². The molecule has 0 aliphatic carbocycles. The van der Waals surface area contributed by atoms with E-state index in [4.69, 9.17) is 21.7 Å². The molecule has 0 radical (unpaired) electrons. The fourth-order valence-corrected chi connectivity index (χ4v) is 4.31. The van der Waals surface area contributed by atoms with Gasteiger partial charge in [0.2, 0.25) is 0 Å². The molecule has 0 spiro atoms. The van der Waals surface area contributed by atoms with Crippen molar-refractivity contribution in [1.82, 2.24) is 20.3 Å². The number of nitrogens with one attached hydrogen (secondary N) is 2. The number of rotatable bonds is 3. The van der Waals surface area contributed by atoms with Gasteiger partial charge < -0.3 is 9.73 Å². The lowest BCUT2D eigenvalue weighted by molar-refractivity contribution is 0.0953. The second-order valence-corrected chi connectivity index (χ2v) is 8.61. The van der Waals surface area contributed by atoms with Crippen LogP contribution >= 0.6 is 12.2 Å². The number of thiocarbonyl (C=S) groups is 1. The molecule has 0 unspecified atom stereocenters. The molecule has 2 N–H and O–H groups in total. The Morgan fingerprint density at radius 1 is 0.886 bits per heavy atom. The van der Waals surface area contributed by atoms with Crippen LogP contribution in [-0.2, 0) is 0 Å². The molecule has 0 aliphatic heterocycles. The van der Waals surface area contributed by atoms with Crippen LogP contribution in [0.5, 0.6) is 0 Å². The molecule has 170 valence electrons. The molecule has 6 rings (SSSR count). The van der Waals surface area contributed by atoms with Crippen LogP contribution in [0.4, 0.5) is 5.69 Å². The smallest absolute Gasteiger partial charge is 0.293 e. The lowest BCUT2D eigenvalue weighted by atomic mass is 10.1. The Morgan fingerprint density at radius 3 is 2.43 bits per heavy atom. The van der Waals surface area contributed by atoms with Gasteiger partial charge >= 0.3 is 0 Å². The quantitative estimate of drug-likeness (QED) is 0.316. The average Bonchev–Trinajstić information content (AvgIpc) is 3.48. The van der Waals surface area contributed by atoms with Crippen LogP contribution in [0.1, 0.15) is 16.1 Å². The van der Waals surface area contributed by atoms with Gasteiger partial charge in [0.05, 0.1) is 5.69 Å². The summed E-state index contributed by atoms with van der Waals surface area (Å²) >= 11 is 5.38. The van der Waals surface area contributed by atoms with Gasteiger partial charge in [0.15, 0.2) is 10.9 Å². The first-order valence-electron chi connectivity index (χ1n) is 11.0. The SMILES string of the molecule is Cc1cc2nn(-c3cccc4ccccc34)nc2cc1NC(=S)NC(=O)c1cc2ccccc2o1. The fourth-order valence-electron chi connectivity index (χ4n) is 4.11. The monoisotopic (exact) mass is 477 g/mol. The Labute approximate surface area is 205 Å². The lowest BCUT2D eigenvalue weighted by Crippen LogP contribution is -2.34. The maximum absolute atomic E-state index is 12.6. The fraction of sp³-hybridized carbons (Fsp3) is 0.0370. The highest BCUT2D eigenvalue weighted by Crippen LogP contribution is 2.25. The number of carbonyl (C=O) groups is 1. The number of aryl methyl sites for hydroxylation is 1. The van der Waals surface area contributed by atoms with Crippen molar-refractivity contribution in [3.63, 3.8) is 0 Å². The number of benzene rings is 4. The highest BCUT2D eigenvalue weighted by atomic mass is 32.1. The van der Waals surface area contributed by atoms with E-state index in [1.165, 1.54) is 0 Å². The molecule has 2 aromatic heterocycles. The van der Waals surface area contributed by atoms with Crippen molar-refractivity contribution in [2.24, 2.45) is 0 Å². The molecule has 0 saturated heterocycles. The number of fused-ring (bicyclic) bond motifs is 3. The van der Waals surface area contributed by atoms with Crippen LogP contribution < -0.4 is 10.6 Å². The Balaban J connectivity index is 1.25. The first kappa shape index (κ1) is 21.0. The van der Waals surface area contributed by atoms with E-state index in [2.05, 4.69) is 33.9 Å². The normalized spacial score (nSPS) is 11.2. The summed E-state index contributed by atoms with van der Waals surface area (Å²) in [5, 5.41) is 18.4. The van der Waals surface area contributed by atoms with Crippen molar-refractivity contribution in [3.05, 3.63) is 96.3 Å². The Morgan fingerprint density at radius 2 is 1.60 bits per heavy atom. The second kappa shape index (κ2) is 8.34. The predicted octanol–water partition coefficient (Wildman–Crippen LogP) is 5.76. The standard InChI is InChI=1S/C27H19N5O2S/c1-16-13-21-22(31-32(30-21)23-11-6-9-17-7-2-4-10-19(17)23)15-20(16)28-27(35)29-26(33)25-14-18-8-3-5-12-24(18)34-25/h2-15H,1H3,(H2,28,29,33,35). The minimum absolute atomic E-state index is 0.166. The topological polar surface area (TPSA) is 85.0 Å². The minimum atomic E-state index is -0.417. The average molecular weight is 478 g/mol. The molecule has 8 heteroatoms. The molecule has 0 bridgehead atoms. The van der Waals surface area contributed by atoms with Crippen molar-refractivity contribution < 1.29 is 9.21 Å². The van der Waals surface area contributed by atoms with E-state index in [0.717, 1.165) is 38.6 Å². The van der Waals surface area contributed by atoms with E-state index in [9.17, 15) is 4.79 Å². The van der Waals surface area contributed by atoms with E-state index >= 15 is 0 Å². The largest absolute Gasteiger partial charge is 0.451 e. The summed E-state index contributed by atoms with van der Waals surface area (Å²) in [6, 6.07) is 27.1. The van der Waals surface area contributed by atoms with Gasteiger partial charge in [-0.05, 0) is 60.4 Å². The van der Waals surface area contributed by atoms with E-state index in [0.29, 0.717) is 11.1 Å². The van der Waals surface area contributed by atoms with Gasteiger partial charge in [0, 0.05) is 16.5 Å². The van der Waals surface area contributed by atoms with Crippen LogP contribution in [0.15, 0.2) is 89.3 Å². The van der Waals surface area contributed by atoms with Crippen molar-refractivity contribution in [2.75, 3.05) is 5.32 Å². The van der Waals surface area contributed by atoms with Gasteiger partial charge in [-0.3, -0.25) is 10.1 Å². The van der Waals surface area contributed by atoms with Gasteiger partial charge in [0.1, 0.15) is 16.6 Å². The van der Waals surface area contributed by atoms with E-state index in [1.54, 1.807) is 10.9 Å². The molecule has 0 fully saturated rings. The Hall–Kier alpha value is -4.56. The third-order valence-corrected chi connectivity index (χ3v) is 6.04. The summed E-state index contributed by atoms with van der Waals surface area (Å²) in [5.41, 5.74) is 4.67. The summed E-state index contributed by atoms with van der Waals surface area (Å²) in [5.74, 6) is -0.222. The minimum Gasteiger partial charge on any atom is -0.451 e. The van der Waals surface area contributed by atoms with Crippen molar-refractivity contribution in [2.45, 2.75) is 6.92 Å². The molecule has 2 heterocycles. The summed E-state index contributed by atoms with van der Waals surface area (Å²) in [4.78, 5) is 14.3. The first-order chi connectivity index (χ1) is 17.0. The maximum atomic E-state index is 12.6. The molecule has 6 aromatic rings. The van der Waals surface area contributed by atoms with E-state index in [1.807, 2.05) is 67.6 Å². The summed E-state index contributed by atoms with van der Waals surface area (Å²) in [7, 11) is 0. The number of nitrogens with zero attached hydrogens (tertiary/aromatic N) is 3. The summed E-state index contributed by atoms with van der Waals surface area (Å²) in [6.07, 6.45) is 0. The third kappa shape index (κ3) is 3.89. The van der Waals surface area contributed by atoms with Crippen molar-refractivity contribution in [1.29, 1.82) is 0 Å². The molecular weight excluding hydrogens is 458 g/mol. The number of aromatic nitrogens is 3. The third-order valence-electron chi connectivity index (χ3n) is 5.83. The number of carbonyl (C=O) groups excluding carboxylic acids is 1. The Kier molecular flexibility index (Phi) is 5.00. The van der Waals surface area contributed by atoms with Gasteiger partial charge in [0.25, 0.3) is 5.91 Å². The van der Waals surface area contributed by atoms with Crippen LogP contribution in [0.25, 0.3) is 38.5 Å². The number of para-hydroxylation sites is 1. The van der Waals surface area contributed by atoms with E-state index < -0.39 is 5.91 Å². The molecule has 35 heavy (non-hydrogen) atoms. The number of anilines is 1. The summed E-state index contributed by atoms with van der Waals surface area (Å²) < 4.78 is 5.62.